The van der Waals surface area contributed by atoms with Crippen LogP contribution in [-0.2, 0) is 38.9 Å². The summed E-state index contributed by atoms with van der Waals surface area (Å²) in [5, 5.41) is 19.4. The van der Waals surface area contributed by atoms with Crippen LogP contribution in [0.25, 0.3) is 0 Å². The smallest absolute Gasteiger partial charge is 0.304 e. The standard InChI is InChI=1S/C27H35N5O5S/c28-27(29)30-16-19-11-20-8-9-24(14-21(20)12-19)38(36,37)31-17-23-13-22(15-25(33)34)26(35)32(23)10-4-7-18-5-2-1-3-6-18/h1-3,5-6,8-9,14,19,22-23,31H,4,7,10-13,15-17H2,(H,33,34)(H4,28,29,30)/t19?,22-,23-/m0/s1. The van der Waals surface area contributed by atoms with Gasteiger partial charge in [-0.1, -0.05) is 36.4 Å². The molecule has 6 N–H and O–H groups in total. The van der Waals surface area contributed by atoms with Gasteiger partial charge in [0.25, 0.3) is 0 Å². The lowest BCUT2D eigenvalue weighted by Crippen LogP contribution is -2.42. The number of rotatable bonds is 12. The third kappa shape index (κ3) is 6.90. The molecule has 1 amide bonds. The maximum atomic E-state index is 13.2. The van der Waals surface area contributed by atoms with Crippen molar-refractivity contribution in [3.63, 3.8) is 0 Å². The number of fused-ring (bicyclic) bond motifs is 1. The molecule has 2 aromatic carbocycles. The summed E-state index contributed by atoms with van der Waals surface area (Å²) in [4.78, 5) is 26.1. The Morgan fingerprint density at radius 2 is 1.84 bits per heavy atom. The van der Waals surface area contributed by atoms with Gasteiger partial charge in [0.2, 0.25) is 15.9 Å². The minimum Gasteiger partial charge on any atom is -0.481 e. The summed E-state index contributed by atoms with van der Waals surface area (Å²) in [5.41, 5.74) is 8.57. The number of aryl methyl sites for hydroxylation is 1. The van der Waals surface area contributed by atoms with E-state index in [1.807, 2.05) is 36.4 Å². The molecule has 0 saturated carbocycles. The molecule has 0 spiro atoms. The van der Waals surface area contributed by atoms with Crippen molar-refractivity contribution in [2.24, 2.45) is 17.6 Å². The van der Waals surface area contributed by atoms with Gasteiger partial charge >= 0.3 is 5.97 Å². The van der Waals surface area contributed by atoms with Crippen LogP contribution in [0.5, 0.6) is 0 Å². The third-order valence-corrected chi connectivity index (χ3v) is 8.77. The molecule has 10 nitrogen and oxygen atoms in total. The first-order chi connectivity index (χ1) is 18.1. The van der Waals surface area contributed by atoms with Crippen LogP contribution < -0.4 is 15.8 Å². The molecular formula is C27H35N5O5S. The van der Waals surface area contributed by atoms with E-state index in [9.17, 15) is 23.1 Å². The highest BCUT2D eigenvalue weighted by Crippen LogP contribution is 2.30. The maximum Gasteiger partial charge on any atom is 0.304 e. The fraction of sp³-hybridized carbons (Fsp3) is 0.444. The summed E-state index contributed by atoms with van der Waals surface area (Å²) in [6, 6.07) is 14.6. The van der Waals surface area contributed by atoms with Crippen molar-refractivity contribution in [1.29, 1.82) is 5.41 Å². The van der Waals surface area contributed by atoms with Gasteiger partial charge in [-0.3, -0.25) is 15.0 Å². The Balaban J connectivity index is 1.39. The number of hydrogen-bond acceptors (Lipinski definition) is 5. The van der Waals surface area contributed by atoms with E-state index >= 15 is 0 Å². The topological polar surface area (TPSA) is 166 Å². The molecule has 3 atom stereocenters. The van der Waals surface area contributed by atoms with Crippen LogP contribution in [0.3, 0.4) is 0 Å². The molecule has 1 aliphatic heterocycles. The van der Waals surface area contributed by atoms with E-state index < -0.39 is 28.0 Å². The maximum absolute atomic E-state index is 13.2. The Kier molecular flexibility index (Phi) is 8.68. The second-order valence-electron chi connectivity index (χ2n) is 10.2. The van der Waals surface area contributed by atoms with E-state index in [4.69, 9.17) is 11.1 Å². The van der Waals surface area contributed by atoms with Crippen LogP contribution in [0.1, 0.15) is 36.0 Å². The number of carbonyl (C=O) groups is 2. The molecule has 11 heteroatoms. The quantitative estimate of drug-likeness (QED) is 0.200. The molecule has 4 rings (SSSR count). The Bertz CT molecular complexity index is 1280. The average Bonchev–Trinajstić information content (AvgIpc) is 3.42. The molecule has 2 aliphatic rings. The number of carboxylic acids is 1. The SMILES string of the molecule is N=C(N)NCC1Cc2ccc(S(=O)(=O)NC[C@@H]3C[C@@H](CC(=O)O)C(=O)N3CCCc3ccccc3)cc2C1. The number of likely N-dealkylation sites (tertiary alicyclic amines) is 1. The van der Waals surface area contributed by atoms with Crippen molar-refractivity contribution < 1.29 is 23.1 Å². The highest BCUT2D eigenvalue weighted by Gasteiger charge is 2.40. The Hall–Kier alpha value is -3.44. The highest BCUT2D eigenvalue weighted by molar-refractivity contribution is 7.89. The van der Waals surface area contributed by atoms with Crippen molar-refractivity contribution in [3.05, 3.63) is 65.2 Å². The number of amides is 1. The van der Waals surface area contributed by atoms with Gasteiger partial charge < -0.3 is 21.1 Å². The molecule has 0 aromatic heterocycles. The third-order valence-electron chi connectivity index (χ3n) is 7.35. The van der Waals surface area contributed by atoms with Crippen LogP contribution in [0.4, 0.5) is 0 Å². The van der Waals surface area contributed by atoms with Gasteiger partial charge in [-0.15, -0.1) is 0 Å². The summed E-state index contributed by atoms with van der Waals surface area (Å²) in [5.74, 6) is -1.77. The fourth-order valence-corrected chi connectivity index (χ4v) is 6.60. The average molecular weight is 542 g/mol. The number of nitrogens with one attached hydrogen (secondary N) is 3. The number of aliphatic carboxylic acids is 1. The first-order valence-corrected chi connectivity index (χ1v) is 14.4. The zero-order chi connectivity index (χ0) is 27.3. The predicted molar refractivity (Wildman–Crippen MR) is 143 cm³/mol. The van der Waals surface area contributed by atoms with Crippen LogP contribution in [-0.4, -0.2) is 61.9 Å². The molecule has 1 saturated heterocycles. The van der Waals surface area contributed by atoms with Crippen molar-refractivity contribution >= 4 is 27.9 Å². The molecule has 0 radical (unpaired) electrons. The summed E-state index contributed by atoms with van der Waals surface area (Å²) in [6.45, 7) is 1.01. The number of hydrogen-bond donors (Lipinski definition) is 5. The highest BCUT2D eigenvalue weighted by atomic mass is 32.2. The second-order valence-corrected chi connectivity index (χ2v) is 11.9. The number of guanidine groups is 1. The number of carboxylic acid groups (broad SMARTS) is 1. The summed E-state index contributed by atoms with van der Waals surface area (Å²) in [7, 11) is -3.83. The van der Waals surface area contributed by atoms with E-state index in [0.29, 0.717) is 32.4 Å². The van der Waals surface area contributed by atoms with Crippen molar-refractivity contribution in [1.82, 2.24) is 14.9 Å². The zero-order valence-electron chi connectivity index (χ0n) is 21.2. The normalized spacial score (nSPS) is 20.9. The molecule has 204 valence electrons. The minimum atomic E-state index is -3.83. The second kappa shape index (κ2) is 12.0. The van der Waals surface area contributed by atoms with Gasteiger partial charge in [0.15, 0.2) is 5.96 Å². The molecule has 2 aromatic rings. The molecule has 38 heavy (non-hydrogen) atoms. The van der Waals surface area contributed by atoms with Gasteiger partial charge in [0.1, 0.15) is 0 Å². The molecule has 0 bridgehead atoms. The van der Waals surface area contributed by atoms with Crippen LogP contribution in [0.15, 0.2) is 53.4 Å². The van der Waals surface area contributed by atoms with Gasteiger partial charge in [-0.2, -0.15) is 0 Å². The van der Waals surface area contributed by atoms with Gasteiger partial charge in [-0.05, 0) is 66.8 Å². The summed E-state index contributed by atoms with van der Waals surface area (Å²) >= 11 is 0. The first-order valence-electron chi connectivity index (χ1n) is 12.9. The van der Waals surface area contributed by atoms with Crippen LogP contribution >= 0.6 is 0 Å². The summed E-state index contributed by atoms with van der Waals surface area (Å²) < 4.78 is 29.0. The first kappa shape index (κ1) is 27.6. The monoisotopic (exact) mass is 541 g/mol. The Labute approximate surface area is 223 Å². The van der Waals surface area contributed by atoms with E-state index in [2.05, 4.69) is 10.0 Å². The van der Waals surface area contributed by atoms with Gasteiger partial charge in [0, 0.05) is 25.7 Å². The van der Waals surface area contributed by atoms with E-state index in [1.54, 1.807) is 17.0 Å². The Morgan fingerprint density at radius 3 is 2.55 bits per heavy atom. The fourth-order valence-electron chi connectivity index (χ4n) is 5.48. The van der Waals surface area contributed by atoms with Crippen molar-refractivity contribution in [2.45, 2.75) is 49.5 Å². The number of sulfonamides is 1. The molecule has 1 aliphatic carbocycles. The molecule has 1 heterocycles. The molecular weight excluding hydrogens is 506 g/mol. The van der Waals surface area contributed by atoms with E-state index in [-0.39, 0.29) is 35.6 Å². The van der Waals surface area contributed by atoms with Crippen molar-refractivity contribution in [2.75, 3.05) is 19.6 Å². The lowest BCUT2D eigenvalue weighted by molar-refractivity contribution is -0.142. The van der Waals surface area contributed by atoms with Crippen molar-refractivity contribution in [3.8, 4) is 0 Å². The van der Waals surface area contributed by atoms with E-state index in [1.165, 1.54) is 0 Å². The lowest BCUT2D eigenvalue weighted by atomic mass is 10.0. The van der Waals surface area contributed by atoms with Gasteiger partial charge in [0.05, 0.1) is 17.2 Å². The molecule has 1 fully saturated rings. The van der Waals surface area contributed by atoms with Crippen LogP contribution in [0, 0.1) is 17.2 Å². The number of nitrogens with two attached hydrogens (primary N) is 1. The minimum absolute atomic E-state index is 0.0256. The number of benzene rings is 2. The number of carbonyl (C=O) groups excluding carboxylic acids is 1. The molecule has 1 unspecified atom stereocenters. The van der Waals surface area contributed by atoms with Gasteiger partial charge in [-0.25, -0.2) is 13.1 Å². The largest absolute Gasteiger partial charge is 0.481 e. The van der Waals surface area contributed by atoms with E-state index in [0.717, 1.165) is 29.5 Å². The van der Waals surface area contributed by atoms with Crippen LogP contribution in [0.2, 0.25) is 0 Å². The zero-order valence-corrected chi connectivity index (χ0v) is 22.0. The lowest BCUT2D eigenvalue weighted by Gasteiger charge is -2.25. The Morgan fingerprint density at radius 1 is 1.11 bits per heavy atom. The number of nitrogens with zero attached hydrogens (tertiary/aromatic N) is 1. The summed E-state index contributed by atoms with van der Waals surface area (Å²) in [6.07, 6.45) is 2.99. The predicted octanol–water partition coefficient (Wildman–Crippen LogP) is 1.49.